The molecule has 1 aliphatic rings. The van der Waals surface area contributed by atoms with Gasteiger partial charge in [-0.25, -0.2) is 4.52 Å². The van der Waals surface area contributed by atoms with Gasteiger partial charge in [-0.1, -0.05) is 19.3 Å². The fraction of sp³-hybridized carbons (Fsp3) is 0.600. The second-order valence-corrected chi connectivity index (χ2v) is 5.60. The molecule has 1 N–H and O–H groups in total. The molecule has 0 aliphatic heterocycles. The summed E-state index contributed by atoms with van der Waals surface area (Å²) >= 11 is 0. The smallest absolute Gasteiger partial charge is 0.276 e. The first-order chi connectivity index (χ1) is 9.84. The quantitative estimate of drug-likeness (QED) is 0.846. The van der Waals surface area contributed by atoms with E-state index in [-0.39, 0.29) is 5.56 Å². The van der Waals surface area contributed by atoms with Crippen LogP contribution in [0.2, 0.25) is 0 Å². The molecule has 0 atom stereocenters. The number of hydrogen-bond acceptors (Lipinski definition) is 3. The number of aromatic nitrogens is 3. The number of rotatable bonds is 5. The van der Waals surface area contributed by atoms with Gasteiger partial charge in [0.05, 0.1) is 6.20 Å². The van der Waals surface area contributed by atoms with Gasteiger partial charge in [0.1, 0.15) is 5.52 Å². The van der Waals surface area contributed by atoms with Gasteiger partial charge in [0.15, 0.2) is 0 Å². The molecule has 20 heavy (non-hydrogen) atoms. The maximum absolute atomic E-state index is 12.2. The average molecular weight is 274 g/mol. The Kier molecular flexibility index (Phi) is 4.16. The Hall–Kier alpha value is -1.62. The van der Waals surface area contributed by atoms with Crippen molar-refractivity contribution in [1.82, 2.24) is 19.5 Å². The molecule has 5 nitrogen and oxygen atoms in total. The van der Waals surface area contributed by atoms with Crippen molar-refractivity contribution in [2.75, 3.05) is 6.54 Å². The van der Waals surface area contributed by atoms with E-state index in [1.165, 1.54) is 32.1 Å². The largest absolute Gasteiger partial charge is 0.314 e. The molecule has 1 fully saturated rings. The number of aryl methyl sites for hydroxylation is 1. The first-order valence-corrected chi connectivity index (χ1v) is 7.61. The van der Waals surface area contributed by atoms with Gasteiger partial charge in [-0.3, -0.25) is 4.79 Å². The zero-order valence-electron chi connectivity index (χ0n) is 11.8. The molecule has 0 unspecified atom stereocenters. The van der Waals surface area contributed by atoms with Crippen molar-refractivity contribution in [3.05, 3.63) is 35.0 Å². The van der Waals surface area contributed by atoms with E-state index in [0.29, 0.717) is 11.6 Å². The standard InChI is InChI=1S/C15H22N4O/c20-15-14-7-9-17-19(14)12-11-18(15)10-4-8-16-13-5-2-1-3-6-13/h7,9,11-13,16H,1-6,8,10H2. The number of nitrogens with zero attached hydrogens (tertiary/aromatic N) is 3. The normalized spacial score (nSPS) is 16.8. The number of nitrogens with one attached hydrogen (secondary N) is 1. The Morgan fingerprint density at radius 3 is 2.95 bits per heavy atom. The number of fused-ring (bicyclic) bond motifs is 1. The summed E-state index contributed by atoms with van der Waals surface area (Å²) in [5.74, 6) is 0. The van der Waals surface area contributed by atoms with Gasteiger partial charge in [0.2, 0.25) is 0 Å². The van der Waals surface area contributed by atoms with Crippen LogP contribution in [0, 0.1) is 0 Å². The predicted octanol–water partition coefficient (Wildman–Crippen LogP) is 1.81. The Morgan fingerprint density at radius 1 is 1.25 bits per heavy atom. The van der Waals surface area contributed by atoms with Crippen molar-refractivity contribution >= 4 is 5.52 Å². The van der Waals surface area contributed by atoms with E-state index in [4.69, 9.17) is 0 Å². The van der Waals surface area contributed by atoms with Crippen molar-refractivity contribution in [2.45, 2.75) is 51.1 Å². The average Bonchev–Trinajstić information content (AvgIpc) is 2.96. The predicted molar refractivity (Wildman–Crippen MR) is 78.9 cm³/mol. The highest BCUT2D eigenvalue weighted by atomic mass is 16.1. The third-order valence-electron chi connectivity index (χ3n) is 4.15. The highest BCUT2D eigenvalue weighted by molar-refractivity contribution is 5.42. The van der Waals surface area contributed by atoms with Crippen LogP contribution in [0.1, 0.15) is 38.5 Å². The van der Waals surface area contributed by atoms with E-state index >= 15 is 0 Å². The second kappa shape index (κ2) is 6.22. The summed E-state index contributed by atoms with van der Waals surface area (Å²) in [6.07, 6.45) is 13.0. The molecule has 1 aliphatic carbocycles. The molecule has 0 saturated heterocycles. The number of hydrogen-bond donors (Lipinski definition) is 1. The van der Waals surface area contributed by atoms with Crippen LogP contribution in [0.15, 0.2) is 29.5 Å². The lowest BCUT2D eigenvalue weighted by atomic mass is 9.95. The van der Waals surface area contributed by atoms with Crippen molar-refractivity contribution in [1.29, 1.82) is 0 Å². The van der Waals surface area contributed by atoms with Crippen LogP contribution in [0.5, 0.6) is 0 Å². The van der Waals surface area contributed by atoms with Crippen LogP contribution in [0.4, 0.5) is 0 Å². The summed E-state index contributed by atoms with van der Waals surface area (Å²) in [5.41, 5.74) is 0.690. The molecule has 0 radical (unpaired) electrons. The first-order valence-electron chi connectivity index (χ1n) is 7.61. The third-order valence-corrected chi connectivity index (χ3v) is 4.15. The third kappa shape index (κ3) is 2.93. The SMILES string of the molecule is O=c1c2ccnn2ccn1CCCNC1CCCCC1. The molecular formula is C15H22N4O. The maximum atomic E-state index is 12.2. The van der Waals surface area contributed by atoms with Gasteiger partial charge in [0, 0.05) is 25.0 Å². The summed E-state index contributed by atoms with van der Waals surface area (Å²) in [5, 5.41) is 7.68. The minimum Gasteiger partial charge on any atom is -0.314 e. The minimum absolute atomic E-state index is 0.0441. The molecule has 0 bridgehead atoms. The highest BCUT2D eigenvalue weighted by Gasteiger charge is 2.11. The molecule has 2 aromatic rings. The lowest BCUT2D eigenvalue weighted by Crippen LogP contribution is -2.32. The first kappa shape index (κ1) is 13.4. The Morgan fingerprint density at radius 2 is 2.10 bits per heavy atom. The van der Waals surface area contributed by atoms with E-state index in [2.05, 4.69) is 10.4 Å². The van der Waals surface area contributed by atoms with Crippen molar-refractivity contribution in [3.63, 3.8) is 0 Å². The van der Waals surface area contributed by atoms with Crippen LogP contribution >= 0.6 is 0 Å². The highest BCUT2D eigenvalue weighted by Crippen LogP contribution is 2.17. The zero-order valence-corrected chi connectivity index (χ0v) is 11.8. The minimum atomic E-state index is 0.0441. The summed E-state index contributed by atoms with van der Waals surface area (Å²) in [6, 6.07) is 2.46. The summed E-state index contributed by atoms with van der Waals surface area (Å²) in [7, 11) is 0. The van der Waals surface area contributed by atoms with Crippen LogP contribution in [-0.2, 0) is 6.54 Å². The van der Waals surface area contributed by atoms with Crippen LogP contribution in [-0.4, -0.2) is 26.8 Å². The van der Waals surface area contributed by atoms with E-state index < -0.39 is 0 Å². The molecule has 0 amide bonds. The van der Waals surface area contributed by atoms with E-state index in [1.807, 2.05) is 12.4 Å². The van der Waals surface area contributed by atoms with Gasteiger partial charge < -0.3 is 9.88 Å². The summed E-state index contributed by atoms with van der Waals surface area (Å²) in [4.78, 5) is 12.2. The van der Waals surface area contributed by atoms with Crippen molar-refractivity contribution in [3.8, 4) is 0 Å². The maximum Gasteiger partial charge on any atom is 0.276 e. The zero-order chi connectivity index (χ0) is 13.8. The molecule has 3 rings (SSSR count). The molecule has 5 heteroatoms. The topological polar surface area (TPSA) is 51.3 Å². The van der Waals surface area contributed by atoms with E-state index in [9.17, 15) is 4.79 Å². The van der Waals surface area contributed by atoms with Crippen LogP contribution in [0.25, 0.3) is 5.52 Å². The molecular weight excluding hydrogens is 252 g/mol. The van der Waals surface area contributed by atoms with Gasteiger partial charge in [-0.15, -0.1) is 0 Å². The van der Waals surface area contributed by atoms with Gasteiger partial charge in [-0.05, 0) is 31.9 Å². The molecule has 108 valence electrons. The fourth-order valence-corrected chi connectivity index (χ4v) is 3.00. The Labute approximate surface area is 118 Å². The Balaban J connectivity index is 1.52. The van der Waals surface area contributed by atoms with Gasteiger partial charge in [0.25, 0.3) is 5.56 Å². The lowest BCUT2D eigenvalue weighted by Gasteiger charge is -2.22. The second-order valence-electron chi connectivity index (χ2n) is 5.60. The van der Waals surface area contributed by atoms with Crippen molar-refractivity contribution in [2.24, 2.45) is 0 Å². The summed E-state index contributed by atoms with van der Waals surface area (Å²) in [6.45, 7) is 1.75. The molecule has 2 aromatic heterocycles. The van der Waals surface area contributed by atoms with Crippen LogP contribution < -0.4 is 10.9 Å². The van der Waals surface area contributed by atoms with E-state index in [0.717, 1.165) is 19.5 Å². The van der Waals surface area contributed by atoms with E-state index in [1.54, 1.807) is 21.3 Å². The molecule has 1 saturated carbocycles. The molecule has 2 heterocycles. The molecule has 0 aromatic carbocycles. The van der Waals surface area contributed by atoms with Gasteiger partial charge >= 0.3 is 0 Å². The monoisotopic (exact) mass is 274 g/mol. The fourth-order valence-electron chi connectivity index (χ4n) is 3.00. The van der Waals surface area contributed by atoms with Gasteiger partial charge in [-0.2, -0.15) is 5.10 Å². The Bertz CT molecular complexity index is 610. The summed E-state index contributed by atoms with van der Waals surface area (Å²) < 4.78 is 3.40. The molecule has 0 spiro atoms. The lowest BCUT2D eigenvalue weighted by molar-refractivity contribution is 0.368. The van der Waals surface area contributed by atoms with Crippen molar-refractivity contribution < 1.29 is 0 Å². The van der Waals surface area contributed by atoms with Crippen LogP contribution in [0.3, 0.4) is 0 Å².